The van der Waals surface area contributed by atoms with Gasteiger partial charge in [0, 0.05) is 43.0 Å². The molecular formula is C24H24BrF2N3O3. The van der Waals surface area contributed by atoms with Gasteiger partial charge in [-0.3, -0.25) is 4.79 Å². The van der Waals surface area contributed by atoms with Gasteiger partial charge in [-0.25, -0.2) is 13.8 Å². The van der Waals surface area contributed by atoms with Crippen LogP contribution in [-0.4, -0.2) is 54.1 Å². The van der Waals surface area contributed by atoms with Crippen molar-refractivity contribution in [2.45, 2.75) is 26.2 Å². The van der Waals surface area contributed by atoms with Crippen LogP contribution in [0, 0.1) is 11.6 Å². The lowest BCUT2D eigenvalue weighted by Crippen LogP contribution is -2.40. The molecule has 2 heterocycles. The number of hydrogen-bond acceptors (Lipinski definition) is 5. The van der Waals surface area contributed by atoms with Gasteiger partial charge in [0.25, 0.3) is 5.91 Å². The molecule has 4 rings (SSSR count). The molecule has 0 N–H and O–H groups in total. The highest BCUT2D eigenvalue weighted by molar-refractivity contribution is 9.12. The number of carbonyl (C=O) groups excluding carboxylic acids is 1. The van der Waals surface area contributed by atoms with Crippen LogP contribution in [0.1, 0.15) is 28.4 Å². The summed E-state index contributed by atoms with van der Waals surface area (Å²) in [5.41, 5.74) is 1.87. The average molecular weight is 520 g/mol. The fraction of sp³-hybridized carbons (Fsp3) is 0.333. The zero-order chi connectivity index (χ0) is 23.4. The van der Waals surface area contributed by atoms with E-state index in [0.29, 0.717) is 48.8 Å². The van der Waals surface area contributed by atoms with Gasteiger partial charge in [-0.1, -0.05) is 12.1 Å². The molecule has 33 heavy (non-hydrogen) atoms. The van der Waals surface area contributed by atoms with E-state index in [2.05, 4.69) is 20.9 Å². The second-order valence-corrected chi connectivity index (χ2v) is 8.70. The quantitative estimate of drug-likeness (QED) is 0.585. The lowest BCUT2D eigenvalue weighted by atomic mass is 10.1. The molecule has 6 nitrogen and oxygen atoms in total. The van der Waals surface area contributed by atoms with E-state index in [9.17, 15) is 13.6 Å². The summed E-state index contributed by atoms with van der Waals surface area (Å²) >= 11 is 3.47. The Labute approximate surface area is 199 Å². The Morgan fingerprint density at radius 1 is 1.21 bits per heavy atom. The predicted octanol–water partition coefficient (Wildman–Crippen LogP) is 4.45. The minimum atomic E-state index is -0.660. The van der Waals surface area contributed by atoms with Crippen LogP contribution in [-0.2, 0) is 22.6 Å². The molecule has 2 aliphatic heterocycles. The highest BCUT2D eigenvalue weighted by Gasteiger charge is 2.22. The van der Waals surface area contributed by atoms with Crippen LogP contribution in [0.3, 0.4) is 0 Å². The van der Waals surface area contributed by atoms with Gasteiger partial charge in [-0.2, -0.15) is 0 Å². The fourth-order valence-electron chi connectivity index (χ4n) is 3.65. The summed E-state index contributed by atoms with van der Waals surface area (Å²) < 4.78 is 38.6. The first-order valence-corrected chi connectivity index (χ1v) is 11.4. The van der Waals surface area contributed by atoms with Crippen LogP contribution in [0.25, 0.3) is 0 Å². The molecule has 0 saturated carbocycles. The molecule has 174 valence electrons. The second-order valence-electron chi connectivity index (χ2n) is 7.84. The SMILES string of the molecule is CC1N=C(OCc2ccc(F)cc2F)C(Br)=CN1Cc1cccc(C(=O)N2CCOCC2)c1. The van der Waals surface area contributed by atoms with Crippen molar-refractivity contribution in [2.24, 2.45) is 4.99 Å². The smallest absolute Gasteiger partial charge is 0.254 e. The van der Waals surface area contributed by atoms with Gasteiger partial charge in [-0.15, -0.1) is 0 Å². The molecule has 1 saturated heterocycles. The topological polar surface area (TPSA) is 54.4 Å². The molecule has 0 radical (unpaired) electrons. The van der Waals surface area contributed by atoms with Crippen molar-refractivity contribution in [2.75, 3.05) is 26.3 Å². The van der Waals surface area contributed by atoms with Gasteiger partial charge in [0.15, 0.2) is 0 Å². The van der Waals surface area contributed by atoms with Crippen LogP contribution in [0.15, 0.2) is 58.1 Å². The molecule has 1 amide bonds. The lowest BCUT2D eigenvalue weighted by molar-refractivity contribution is 0.0303. The van der Waals surface area contributed by atoms with E-state index in [1.54, 1.807) is 4.90 Å². The number of morpholine rings is 1. The molecule has 0 aromatic heterocycles. The van der Waals surface area contributed by atoms with Crippen molar-refractivity contribution in [3.05, 3.63) is 81.5 Å². The van der Waals surface area contributed by atoms with Crippen LogP contribution < -0.4 is 0 Å². The number of aliphatic imine (C=N–C) groups is 1. The van der Waals surface area contributed by atoms with E-state index >= 15 is 0 Å². The van der Waals surface area contributed by atoms with Gasteiger partial charge >= 0.3 is 0 Å². The summed E-state index contributed by atoms with van der Waals surface area (Å²) in [7, 11) is 0. The Hall–Kier alpha value is -2.78. The number of halogens is 3. The molecule has 1 unspecified atom stereocenters. The maximum absolute atomic E-state index is 13.9. The van der Waals surface area contributed by atoms with Crippen molar-refractivity contribution in [1.82, 2.24) is 9.80 Å². The van der Waals surface area contributed by atoms with E-state index in [1.807, 2.05) is 42.3 Å². The first-order chi connectivity index (χ1) is 15.9. The minimum Gasteiger partial charge on any atom is -0.472 e. The molecular weight excluding hydrogens is 496 g/mol. The number of carbonyl (C=O) groups is 1. The number of amides is 1. The number of rotatable bonds is 5. The Balaban J connectivity index is 1.40. The molecule has 0 aliphatic carbocycles. The highest BCUT2D eigenvalue weighted by atomic mass is 79.9. The van der Waals surface area contributed by atoms with Gasteiger partial charge in [-0.05, 0) is 52.7 Å². The summed E-state index contributed by atoms with van der Waals surface area (Å²) in [6.07, 6.45) is 1.63. The number of ether oxygens (including phenoxy) is 2. The summed E-state index contributed by atoms with van der Waals surface area (Å²) in [4.78, 5) is 21.2. The zero-order valence-corrected chi connectivity index (χ0v) is 19.7. The molecule has 1 atom stereocenters. The maximum atomic E-state index is 13.9. The normalized spacial score (nSPS) is 18.6. The van der Waals surface area contributed by atoms with E-state index in [1.165, 1.54) is 12.1 Å². The average Bonchev–Trinajstić information content (AvgIpc) is 2.81. The monoisotopic (exact) mass is 519 g/mol. The summed E-state index contributed by atoms with van der Waals surface area (Å²) in [6.45, 7) is 4.72. The maximum Gasteiger partial charge on any atom is 0.254 e. The predicted molar refractivity (Wildman–Crippen MR) is 124 cm³/mol. The van der Waals surface area contributed by atoms with Crippen LogP contribution in [0.4, 0.5) is 8.78 Å². The zero-order valence-electron chi connectivity index (χ0n) is 18.1. The molecule has 2 aromatic carbocycles. The van der Waals surface area contributed by atoms with E-state index in [0.717, 1.165) is 11.6 Å². The van der Waals surface area contributed by atoms with Gasteiger partial charge in [0.05, 0.1) is 17.7 Å². The third-order valence-electron chi connectivity index (χ3n) is 5.48. The summed E-state index contributed by atoms with van der Waals surface area (Å²) in [6, 6.07) is 11.0. The van der Waals surface area contributed by atoms with E-state index < -0.39 is 11.6 Å². The third kappa shape index (κ3) is 5.78. The van der Waals surface area contributed by atoms with Crippen LogP contribution in [0.2, 0.25) is 0 Å². The van der Waals surface area contributed by atoms with Crippen molar-refractivity contribution in [1.29, 1.82) is 0 Å². The second kappa shape index (κ2) is 10.4. The Morgan fingerprint density at radius 2 is 2.00 bits per heavy atom. The van der Waals surface area contributed by atoms with Gasteiger partial charge in [0.1, 0.15) is 24.4 Å². The number of benzene rings is 2. The van der Waals surface area contributed by atoms with Crippen LogP contribution in [0.5, 0.6) is 0 Å². The van der Waals surface area contributed by atoms with E-state index in [-0.39, 0.29) is 24.2 Å². The van der Waals surface area contributed by atoms with Crippen LogP contribution >= 0.6 is 15.9 Å². The Bertz CT molecular complexity index is 1090. The van der Waals surface area contributed by atoms with Crippen molar-refractivity contribution in [3.63, 3.8) is 0 Å². The first-order valence-electron chi connectivity index (χ1n) is 10.6. The summed E-state index contributed by atoms with van der Waals surface area (Å²) in [5, 5.41) is 0. The number of hydrogen-bond donors (Lipinski definition) is 0. The minimum absolute atomic E-state index is 0.00491. The summed E-state index contributed by atoms with van der Waals surface area (Å²) in [5.74, 6) is -0.941. The first kappa shape index (κ1) is 23.4. The fourth-order valence-corrected chi connectivity index (χ4v) is 4.13. The highest BCUT2D eigenvalue weighted by Crippen LogP contribution is 2.23. The largest absolute Gasteiger partial charge is 0.472 e. The standard InChI is InChI=1S/C24H24BrF2N3O3/c1-16-28-23(33-15-19-5-6-20(26)12-22(19)27)21(25)14-30(16)13-17-3-2-4-18(11-17)24(31)29-7-9-32-10-8-29/h2-6,11-12,14,16H,7-10,13,15H2,1H3. The molecule has 9 heteroatoms. The molecule has 0 bridgehead atoms. The van der Waals surface area contributed by atoms with Crippen molar-refractivity contribution >= 4 is 27.7 Å². The Kier molecular flexibility index (Phi) is 7.39. The van der Waals surface area contributed by atoms with Crippen molar-refractivity contribution in [3.8, 4) is 0 Å². The molecule has 1 fully saturated rings. The Morgan fingerprint density at radius 3 is 2.76 bits per heavy atom. The third-order valence-corrected chi connectivity index (χ3v) is 6.03. The molecule has 2 aromatic rings. The van der Waals surface area contributed by atoms with Crippen molar-refractivity contribution < 1.29 is 23.0 Å². The number of nitrogens with zero attached hydrogens (tertiary/aromatic N) is 3. The van der Waals surface area contributed by atoms with E-state index in [4.69, 9.17) is 9.47 Å². The van der Waals surface area contributed by atoms with Gasteiger partial charge in [0.2, 0.25) is 5.90 Å². The lowest BCUT2D eigenvalue weighted by Gasteiger charge is -2.30. The molecule has 0 spiro atoms. The molecule has 2 aliphatic rings. The van der Waals surface area contributed by atoms with Gasteiger partial charge < -0.3 is 19.3 Å².